The molecular weight excluding hydrogens is 403 g/mol. The van der Waals surface area contributed by atoms with Gasteiger partial charge in [-0.1, -0.05) is 0 Å². The molecule has 5 heteroatoms. The minimum absolute atomic E-state index is 0.858. The summed E-state index contributed by atoms with van der Waals surface area (Å²) in [6, 6.07) is 3.73. The first kappa shape index (κ1) is 10.1. The molecule has 0 aliphatic heterocycles. The van der Waals surface area contributed by atoms with Crippen molar-refractivity contribution in [2.45, 2.75) is 0 Å². The van der Waals surface area contributed by atoms with Gasteiger partial charge in [0.1, 0.15) is 0 Å². The summed E-state index contributed by atoms with van der Waals surface area (Å²) in [6.45, 7) is 0. The van der Waals surface area contributed by atoms with Crippen LogP contribution in [0.3, 0.4) is 0 Å². The van der Waals surface area contributed by atoms with Crippen molar-refractivity contribution in [1.82, 2.24) is 0 Å². The number of halogens is 3. The van der Waals surface area contributed by atoms with E-state index in [1.54, 1.807) is 0 Å². The fourth-order valence-electron chi connectivity index (χ4n) is 0.582. The maximum atomic E-state index is 10.6. The molecule has 11 heavy (non-hydrogen) atoms. The average Bonchev–Trinajstić information content (AvgIpc) is 1.97. The summed E-state index contributed by atoms with van der Waals surface area (Å²) in [5.41, 5.74) is 0. The van der Waals surface area contributed by atoms with Crippen LogP contribution >= 0.6 is 47.8 Å². The van der Waals surface area contributed by atoms with Gasteiger partial charge in [0.15, 0.2) is 0 Å². The third kappa shape index (κ3) is 2.48. The summed E-state index contributed by atoms with van der Waals surface area (Å²) in [6.07, 6.45) is 0. The van der Waals surface area contributed by atoms with E-state index < -0.39 is 15.7 Å². The molecule has 0 saturated carbocycles. The van der Waals surface area contributed by atoms with E-state index >= 15 is 0 Å². The van der Waals surface area contributed by atoms with Crippen LogP contribution in [0, 0.1) is 0 Å². The molecular formula is C6H2AsBr3O. The number of hydrogen-bond donors (Lipinski definition) is 0. The second-order valence-electron chi connectivity index (χ2n) is 1.81. The second-order valence-corrected chi connectivity index (χ2v) is 5.77. The van der Waals surface area contributed by atoms with E-state index in [4.69, 9.17) is 0 Å². The Hall–Kier alpha value is 1.02. The van der Waals surface area contributed by atoms with Crippen LogP contribution < -0.4 is 4.35 Å². The molecule has 1 rings (SSSR count). The Balaban J connectivity index is 3.31. The zero-order chi connectivity index (χ0) is 8.43. The SMILES string of the molecule is O=[As]c1cc(Br)c(Br)cc1Br. The minimum atomic E-state index is -0.958. The van der Waals surface area contributed by atoms with Crippen molar-refractivity contribution in [2.75, 3.05) is 0 Å². The summed E-state index contributed by atoms with van der Waals surface area (Å²) >= 11 is 9.03. The van der Waals surface area contributed by atoms with Crippen LogP contribution in [0.5, 0.6) is 0 Å². The van der Waals surface area contributed by atoms with Crippen molar-refractivity contribution in [3.8, 4) is 0 Å². The molecule has 0 radical (unpaired) electrons. The van der Waals surface area contributed by atoms with E-state index in [2.05, 4.69) is 47.8 Å². The molecule has 0 amide bonds. The predicted molar refractivity (Wildman–Crippen MR) is 55.6 cm³/mol. The molecule has 0 atom stereocenters. The van der Waals surface area contributed by atoms with Crippen molar-refractivity contribution in [3.05, 3.63) is 25.6 Å². The van der Waals surface area contributed by atoms with E-state index in [0.717, 1.165) is 17.8 Å². The molecule has 0 aliphatic carbocycles. The third-order valence-corrected chi connectivity index (χ3v) is 5.44. The zero-order valence-electron chi connectivity index (χ0n) is 5.14. The molecule has 1 aromatic rings. The van der Waals surface area contributed by atoms with Crippen LogP contribution in [0.15, 0.2) is 25.6 Å². The molecule has 0 heterocycles. The summed E-state index contributed by atoms with van der Waals surface area (Å²) in [5.74, 6) is 0. The van der Waals surface area contributed by atoms with E-state index in [1.165, 1.54) is 0 Å². The Morgan fingerprint density at radius 2 is 1.55 bits per heavy atom. The van der Waals surface area contributed by atoms with Gasteiger partial charge in [-0.2, -0.15) is 0 Å². The van der Waals surface area contributed by atoms with Crippen molar-refractivity contribution in [3.63, 3.8) is 0 Å². The molecule has 0 aliphatic rings. The Labute approximate surface area is 96.2 Å². The van der Waals surface area contributed by atoms with Crippen LogP contribution in [-0.2, 0) is 3.74 Å². The molecule has 0 saturated heterocycles. The van der Waals surface area contributed by atoms with Gasteiger partial charge in [0, 0.05) is 0 Å². The normalized spacial score (nSPS) is 10.5. The Morgan fingerprint density at radius 3 is 2.09 bits per heavy atom. The fourth-order valence-corrected chi connectivity index (χ4v) is 3.38. The van der Waals surface area contributed by atoms with Gasteiger partial charge in [0.25, 0.3) is 0 Å². The average molecular weight is 405 g/mol. The summed E-state index contributed by atoms with van der Waals surface area (Å²) < 4.78 is 14.3. The third-order valence-electron chi connectivity index (χ3n) is 1.09. The number of benzene rings is 1. The Bertz CT molecular complexity index is 300. The van der Waals surface area contributed by atoms with Crippen molar-refractivity contribution >= 4 is 67.8 Å². The van der Waals surface area contributed by atoms with Gasteiger partial charge in [-0.15, -0.1) is 0 Å². The molecule has 58 valence electrons. The molecule has 0 spiro atoms. The first-order chi connectivity index (χ1) is 5.15. The summed E-state index contributed by atoms with van der Waals surface area (Å²) in [4.78, 5) is 0. The van der Waals surface area contributed by atoms with Gasteiger partial charge in [0.05, 0.1) is 0 Å². The quantitative estimate of drug-likeness (QED) is 0.519. The van der Waals surface area contributed by atoms with Gasteiger partial charge >= 0.3 is 97.1 Å². The van der Waals surface area contributed by atoms with Crippen LogP contribution in [0.25, 0.3) is 0 Å². The Morgan fingerprint density at radius 1 is 1.00 bits per heavy atom. The molecule has 1 aromatic carbocycles. The van der Waals surface area contributed by atoms with Gasteiger partial charge < -0.3 is 0 Å². The summed E-state index contributed by atoms with van der Waals surface area (Å²) in [7, 11) is 0. The standard InChI is InChI=1S/C6H2AsBr3O/c8-4-2-6(10)5(9)1-3(4)7-11/h1-2H. The first-order valence-electron chi connectivity index (χ1n) is 2.63. The predicted octanol–water partition coefficient (Wildman–Crippen LogP) is 2.65. The van der Waals surface area contributed by atoms with Crippen LogP contribution in [-0.4, -0.2) is 15.7 Å². The number of hydrogen-bond acceptors (Lipinski definition) is 1. The molecule has 0 bridgehead atoms. The van der Waals surface area contributed by atoms with Crippen molar-refractivity contribution in [1.29, 1.82) is 0 Å². The number of rotatable bonds is 1. The van der Waals surface area contributed by atoms with Crippen molar-refractivity contribution in [2.24, 2.45) is 0 Å². The van der Waals surface area contributed by atoms with Crippen LogP contribution in [0.2, 0.25) is 0 Å². The molecule has 0 aromatic heterocycles. The van der Waals surface area contributed by atoms with E-state index in [0.29, 0.717) is 0 Å². The first-order valence-corrected chi connectivity index (χ1v) is 6.71. The molecule has 0 fully saturated rings. The van der Waals surface area contributed by atoms with E-state index in [-0.39, 0.29) is 0 Å². The Kier molecular flexibility index (Phi) is 3.96. The van der Waals surface area contributed by atoms with E-state index in [9.17, 15) is 3.74 Å². The van der Waals surface area contributed by atoms with Gasteiger partial charge in [-0.3, -0.25) is 0 Å². The molecule has 0 N–H and O–H groups in total. The zero-order valence-corrected chi connectivity index (χ0v) is 11.8. The monoisotopic (exact) mass is 402 g/mol. The summed E-state index contributed by atoms with van der Waals surface area (Å²) in [5, 5.41) is 0. The molecule has 1 nitrogen and oxygen atoms in total. The second kappa shape index (κ2) is 4.31. The van der Waals surface area contributed by atoms with Gasteiger partial charge in [-0.05, 0) is 0 Å². The fraction of sp³-hybridized carbons (Fsp3) is 0. The maximum absolute atomic E-state index is 10.6. The van der Waals surface area contributed by atoms with Crippen LogP contribution in [0.1, 0.15) is 0 Å². The molecule has 0 unspecified atom stereocenters. The van der Waals surface area contributed by atoms with Gasteiger partial charge in [0.2, 0.25) is 0 Å². The van der Waals surface area contributed by atoms with Crippen LogP contribution in [0.4, 0.5) is 0 Å². The van der Waals surface area contributed by atoms with Crippen molar-refractivity contribution < 1.29 is 3.74 Å². The van der Waals surface area contributed by atoms with E-state index in [1.807, 2.05) is 12.1 Å². The van der Waals surface area contributed by atoms with Gasteiger partial charge in [-0.25, -0.2) is 0 Å². The topological polar surface area (TPSA) is 17.1 Å².